The highest BCUT2D eigenvalue weighted by molar-refractivity contribution is 6.28. The van der Waals surface area contributed by atoms with Crippen molar-refractivity contribution in [1.82, 2.24) is 20.7 Å². The molecule has 7 heteroatoms. The summed E-state index contributed by atoms with van der Waals surface area (Å²) in [6.45, 7) is 0. The van der Waals surface area contributed by atoms with Crippen molar-refractivity contribution in [2.75, 3.05) is 14.1 Å². The van der Waals surface area contributed by atoms with E-state index in [9.17, 15) is 14.4 Å². The normalized spacial score (nSPS) is 22.7. The van der Waals surface area contributed by atoms with Crippen molar-refractivity contribution in [2.24, 2.45) is 0 Å². The Bertz CT molecular complexity index is 917. The van der Waals surface area contributed by atoms with Gasteiger partial charge in [-0.3, -0.25) is 19.4 Å². The lowest BCUT2D eigenvalue weighted by atomic mass is 9.96. The van der Waals surface area contributed by atoms with Crippen LogP contribution < -0.4 is 10.9 Å². The molecule has 1 atom stereocenters. The summed E-state index contributed by atoms with van der Waals surface area (Å²) in [6, 6.07) is 7.59. The van der Waals surface area contributed by atoms with Gasteiger partial charge in [-0.05, 0) is 29.5 Å². The molecule has 3 aliphatic rings. The van der Waals surface area contributed by atoms with Crippen molar-refractivity contribution in [2.45, 2.75) is 25.3 Å². The minimum Gasteiger partial charge on any atom is -0.324 e. The highest BCUT2D eigenvalue weighted by Gasteiger charge is 2.41. The molecule has 4 amide bonds. The third kappa shape index (κ3) is 3.03. The molecule has 2 aliphatic heterocycles. The van der Waals surface area contributed by atoms with Gasteiger partial charge in [0.2, 0.25) is 0 Å². The number of benzene rings is 1. The van der Waals surface area contributed by atoms with Crippen LogP contribution in [0, 0.1) is 0 Å². The van der Waals surface area contributed by atoms with Gasteiger partial charge in [0, 0.05) is 26.2 Å². The molecule has 4 rings (SSSR count). The Kier molecular flexibility index (Phi) is 4.60. The molecule has 0 saturated carbocycles. The van der Waals surface area contributed by atoms with E-state index >= 15 is 0 Å². The molecule has 1 aromatic rings. The first-order valence-corrected chi connectivity index (χ1v) is 9.29. The van der Waals surface area contributed by atoms with Crippen molar-refractivity contribution >= 4 is 23.4 Å². The largest absolute Gasteiger partial charge is 0.333 e. The predicted octanol–water partition coefficient (Wildman–Crippen LogP) is 2.26. The Morgan fingerprint density at radius 1 is 0.964 bits per heavy atom. The Balaban J connectivity index is 1.55. The number of nitrogens with one attached hydrogen (secondary N) is 2. The van der Waals surface area contributed by atoms with Gasteiger partial charge in [0.25, 0.3) is 11.8 Å². The van der Waals surface area contributed by atoms with E-state index in [-0.39, 0.29) is 11.6 Å². The summed E-state index contributed by atoms with van der Waals surface area (Å²) in [7, 11) is 2.75. The monoisotopic (exact) mass is 378 g/mol. The smallest absolute Gasteiger partial charge is 0.324 e. The lowest BCUT2D eigenvalue weighted by molar-refractivity contribution is -0.134. The average Bonchev–Trinajstić information content (AvgIpc) is 3.21. The van der Waals surface area contributed by atoms with E-state index in [2.05, 4.69) is 53.3 Å². The first-order valence-electron chi connectivity index (χ1n) is 9.29. The van der Waals surface area contributed by atoms with Crippen LogP contribution in [0.25, 0.3) is 5.57 Å². The first-order chi connectivity index (χ1) is 13.5. The van der Waals surface area contributed by atoms with Crippen LogP contribution in [-0.2, 0) is 9.59 Å². The molecule has 0 radical (unpaired) electrons. The Morgan fingerprint density at radius 2 is 1.64 bits per heavy atom. The van der Waals surface area contributed by atoms with Crippen LogP contribution >= 0.6 is 0 Å². The van der Waals surface area contributed by atoms with Gasteiger partial charge in [0.15, 0.2) is 0 Å². The second-order valence-corrected chi connectivity index (χ2v) is 7.15. The van der Waals surface area contributed by atoms with Crippen molar-refractivity contribution in [3.8, 4) is 0 Å². The quantitative estimate of drug-likeness (QED) is 0.609. The Hall–Kier alpha value is -3.19. The van der Waals surface area contributed by atoms with E-state index in [0.29, 0.717) is 12.1 Å². The Labute approximate surface area is 163 Å². The summed E-state index contributed by atoms with van der Waals surface area (Å²) >= 11 is 0. The fraction of sp³-hybridized carbons (Fsp3) is 0.286. The number of hydrogen-bond acceptors (Lipinski definition) is 5. The zero-order valence-electron chi connectivity index (χ0n) is 15.9. The third-order valence-corrected chi connectivity index (χ3v) is 5.36. The number of nitrogens with zero attached hydrogens (tertiary/aromatic N) is 2. The molecule has 7 nitrogen and oxygen atoms in total. The molecule has 28 heavy (non-hydrogen) atoms. The van der Waals surface area contributed by atoms with E-state index in [1.54, 1.807) is 0 Å². The van der Waals surface area contributed by atoms with Crippen LogP contribution in [0.1, 0.15) is 36.4 Å². The second-order valence-electron chi connectivity index (χ2n) is 7.15. The predicted molar refractivity (Wildman–Crippen MR) is 104 cm³/mol. The van der Waals surface area contributed by atoms with E-state index in [4.69, 9.17) is 0 Å². The van der Waals surface area contributed by atoms with Crippen molar-refractivity contribution in [3.05, 3.63) is 64.9 Å². The number of urea groups is 1. The van der Waals surface area contributed by atoms with Crippen LogP contribution in [0.5, 0.6) is 0 Å². The number of hydrazine groups is 1. The molecule has 1 aliphatic carbocycles. The molecule has 2 fully saturated rings. The highest BCUT2D eigenvalue weighted by atomic mass is 16.2. The summed E-state index contributed by atoms with van der Waals surface area (Å²) in [5, 5.41) is 0. The van der Waals surface area contributed by atoms with Crippen LogP contribution in [0.2, 0.25) is 0 Å². The fourth-order valence-electron chi connectivity index (χ4n) is 3.67. The zero-order chi connectivity index (χ0) is 19.8. The zero-order valence-corrected chi connectivity index (χ0v) is 15.9. The van der Waals surface area contributed by atoms with Gasteiger partial charge in [-0.2, -0.15) is 0 Å². The molecule has 2 N–H and O–H groups in total. The van der Waals surface area contributed by atoms with Crippen molar-refractivity contribution in [3.63, 3.8) is 0 Å². The van der Waals surface area contributed by atoms with E-state index in [1.165, 1.54) is 25.2 Å². The number of rotatable bonds is 2. The van der Waals surface area contributed by atoms with Crippen LogP contribution in [0.15, 0.2) is 53.8 Å². The molecule has 0 spiro atoms. The topological polar surface area (TPSA) is 81.8 Å². The third-order valence-electron chi connectivity index (χ3n) is 5.36. The van der Waals surface area contributed by atoms with Gasteiger partial charge in [0.05, 0.1) is 6.04 Å². The number of hydrogen-bond donors (Lipinski definition) is 2. The molecule has 0 aromatic heterocycles. The Morgan fingerprint density at radius 3 is 2.25 bits per heavy atom. The maximum atomic E-state index is 12.5. The van der Waals surface area contributed by atoms with E-state index in [0.717, 1.165) is 28.2 Å². The lowest BCUT2D eigenvalue weighted by Gasteiger charge is -2.29. The van der Waals surface area contributed by atoms with Crippen molar-refractivity contribution < 1.29 is 14.4 Å². The molecule has 144 valence electrons. The minimum absolute atomic E-state index is 0.00807. The fourth-order valence-corrected chi connectivity index (χ4v) is 3.67. The lowest BCUT2D eigenvalue weighted by Crippen LogP contribution is -2.53. The number of imide groups is 2. The molecular weight excluding hydrogens is 356 g/mol. The standard InChI is InChI=1S/C21H22N4O3/c1-24-19(26)18(20(27)25(2)21(24)28)17-12-16(22-23-17)15-10-8-14(9-11-15)13-6-4-3-5-7-13/h4,6-11,16,22-23H,3,5,12H2,1-2H3. The number of amides is 4. The maximum absolute atomic E-state index is 12.5. The SMILES string of the molecule is CN1C(=O)C(=C2CC(c3ccc(C4=CCCC=C4)cc3)NN2)C(=O)N(C)C1=O. The van der Waals surface area contributed by atoms with E-state index < -0.39 is 17.8 Å². The van der Waals surface area contributed by atoms with Gasteiger partial charge in [-0.1, -0.05) is 42.5 Å². The van der Waals surface area contributed by atoms with Gasteiger partial charge >= 0.3 is 6.03 Å². The maximum Gasteiger partial charge on any atom is 0.333 e. The van der Waals surface area contributed by atoms with Crippen molar-refractivity contribution in [1.29, 1.82) is 0 Å². The summed E-state index contributed by atoms with van der Waals surface area (Å²) in [5.74, 6) is -1.16. The van der Waals surface area contributed by atoms with Crippen LogP contribution in [0.4, 0.5) is 4.79 Å². The number of carbonyl (C=O) groups is 3. The van der Waals surface area contributed by atoms with Gasteiger partial charge < -0.3 is 5.43 Å². The van der Waals surface area contributed by atoms with E-state index in [1.807, 2.05) is 0 Å². The molecule has 2 heterocycles. The highest BCUT2D eigenvalue weighted by Crippen LogP contribution is 2.30. The summed E-state index contributed by atoms with van der Waals surface area (Å²) < 4.78 is 0. The van der Waals surface area contributed by atoms with Gasteiger partial charge in [-0.25, -0.2) is 10.2 Å². The number of likely N-dealkylation sites (N-methyl/N-ethyl adjacent to an activating group) is 2. The minimum atomic E-state index is -0.622. The second kappa shape index (κ2) is 7.09. The summed E-state index contributed by atoms with van der Waals surface area (Å²) in [5.41, 5.74) is 10.1. The summed E-state index contributed by atoms with van der Waals surface area (Å²) in [6.07, 6.45) is 9.18. The molecule has 1 unspecified atom stereocenters. The number of allylic oxidation sites excluding steroid dienone is 4. The average molecular weight is 378 g/mol. The first kappa shape index (κ1) is 18.2. The number of barbiturate groups is 1. The van der Waals surface area contributed by atoms with Crippen LogP contribution in [0.3, 0.4) is 0 Å². The molecule has 1 aromatic carbocycles. The molecular formula is C21H22N4O3. The van der Waals surface area contributed by atoms with Gasteiger partial charge in [-0.15, -0.1) is 0 Å². The number of carbonyl (C=O) groups excluding carboxylic acids is 3. The molecule has 0 bridgehead atoms. The summed E-state index contributed by atoms with van der Waals surface area (Å²) in [4.78, 5) is 38.7. The van der Waals surface area contributed by atoms with Crippen LogP contribution in [-0.4, -0.2) is 41.7 Å². The molecule has 2 saturated heterocycles. The van der Waals surface area contributed by atoms with Gasteiger partial charge in [0.1, 0.15) is 5.57 Å².